The van der Waals surface area contributed by atoms with E-state index in [0.29, 0.717) is 19.4 Å². The van der Waals surface area contributed by atoms with E-state index in [1.54, 1.807) is 16.8 Å². The molecule has 1 fully saturated rings. The Morgan fingerprint density at radius 2 is 2.03 bits per heavy atom. The van der Waals surface area contributed by atoms with Crippen molar-refractivity contribution in [3.63, 3.8) is 0 Å². The van der Waals surface area contributed by atoms with Crippen LogP contribution in [-0.4, -0.2) is 42.5 Å². The molecule has 0 N–H and O–H groups in total. The summed E-state index contributed by atoms with van der Waals surface area (Å²) in [4.78, 5) is 19.4. The molecule has 0 radical (unpaired) electrons. The molecule has 1 amide bonds. The second kappa shape index (κ2) is 8.46. The van der Waals surface area contributed by atoms with Crippen molar-refractivity contribution in [1.82, 2.24) is 30.1 Å². The summed E-state index contributed by atoms with van der Waals surface area (Å²) in [5.41, 5.74) is 4.01. The van der Waals surface area contributed by atoms with Gasteiger partial charge in [-0.3, -0.25) is 9.78 Å². The van der Waals surface area contributed by atoms with Crippen LogP contribution in [0, 0.1) is 12.7 Å². The largest absolute Gasteiger partial charge is 0.334 e. The highest BCUT2D eigenvalue weighted by Crippen LogP contribution is 2.32. The van der Waals surface area contributed by atoms with Crippen LogP contribution in [0.5, 0.6) is 0 Å². The second-order valence-corrected chi connectivity index (χ2v) is 7.41. The zero-order valence-electron chi connectivity index (χ0n) is 16.3. The molecular weight excluding hydrogens is 371 g/mol. The Morgan fingerprint density at radius 3 is 2.79 bits per heavy atom. The van der Waals surface area contributed by atoms with E-state index in [1.165, 1.54) is 18.5 Å². The molecule has 1 saturated heterocycles. The summed E-state index contributed by atoms with van der Waals surface area (Å²) in [6.45, 7) is 3.17. The van der Waals surface area contributed by atoms with Crippen molar-refractivity contribution >= 4 is 5.91 Å². The van der Waals surface area contributed by atoms with E-state index in [9.17, 15) is 9.18 Å². The number of carbonyl (C=O) groups excluding carboxylic acids is 1. The Morgan fingerprint density at radius 1 is 1.21 bits per heavy atom. The van der Waals surface area contributed by atoms with Gasteiger partial charge in [0.05, 0.1) is 18.3 Å². The van der Waals surface area contributed by atoms with Gasteiger partial charge in [0.1, 0.15) is 12.1 Å². The minimum atomic E-state index is -0.234. The van der Waals surface area contributed by atoms with Crippen LogP contribution in [0.25, 0.3) is 0 Å². The molecule has 0 spiro atoms. The first kappa shape index (κ1) is 19.2. The number of hydrogen-bond acceptors (Lipinski definition) is 5. The van der Waals surface area contributed by atoms with Crippen molar-refractivity contribution in [3.8, 4) is 0 Å². The van der Waals surface area contributed by atoms with Crippen molar-refractivity contribution in [2.24, 2.45) is 0 Å². The van der Waals surface area contributed by atoms with Gasteiger partial charge < -0.3 is 4.90 Å². The molecule has 0 unspecified atom stereocenters. The molecule has 1 atom stereocenters. The summed E-state index contributed by atoms with van der Waals surface area (Å²) in [6, 6.07) is 10.7. The number of aryl methyl sites for hydroxylation is 2. The van der Waals surface area contributed by atoms with E-state index in [4.69, 9.17) is 4.98 Å². The molecular formula is C21H23FN6O. The molecule has 3 aromatic rings. The monoisotopic (exact) mass is 394 g/mol. The van der Waals surface area contributed by atoms with Gasteiger partial charge in [0, 0.05) is 18.7 Å². The van der Waals surface area contributed by atoms with Gasteiger partial charge in [-0.05, 0) is 72.0 Å². The highest BCUT2D eigenvalue weighted by atomic mass is 19.1. The molecule has 150 valence electrons. The Hall–Kier alpha value is -3.16. The number of pyridine rings is 1. The number of likely N-dealkylation sites (tertiary alicyclic amines) is 1. The molecule has 1 aromatic carbocycles. The minimum absolute atomic E-state index is 0.0109. The summed E-state index contributed by atoms with van der Waals surface area (Å²) in [5, 5.41) is 11.0. The van der Waals surface area contributed by atoms with Gasteiger partial charge in [0.15, 0.2) is 0 Å². The lowest BCUT2D eigenvalue weighted by Crippen LogP contribution is -2.31. The predicted octanol–water partition coefficient (Wildman–Crippen LogP) is 2.86. The van der Waals surface area contributed by atoms with Crippen LogP contribution in [0.3, 0.4) is 0 Å². The van der Waals surface area contributed by atoms with Crippen LogP contribution in [0.1, 0.15) is 47.8 Å². The van der Waals surface area contributed by atoms with Crippen LogP contribution in [0.4, 0.5) is 4.39 Å². The number of rotatable bonds is 6. The third kappa shape index (κ3) is 4.64. The number of amides is 1. The van der Waals surface area contributed by atoms with Gasteiger partial charge in [0.25, 0.3) is 0 Å². The number of tetrazole rings is 1. The summed E-state index contributed by atoms with van der Waals surface area (Å²) in [7, 11) is 0. The van der Waals surface area contributed by atoms with Gasteiger partial charge in [-0.1, -0.05) is 12.1 Å². The van der Waals surface area contributed by atoms with Crippen molar-refractivity contribution in [3.05, 3.63) is 71.1 Å². The van der Waals surface area contributed by atoms with Crippen molar-refractivity contribution in [2.75, 3.05) is 6.54 Å². The molecule has 7 nitrogen and oxygen atoms in total. The van der Waals surface area contributed by atoms with E-state index in [-0.39, 0.29) is 17.8 Å². The molecule has 0 saturated carbocycles. The Labute approximate surface area is 168 Å². The maximum absolute atomic E-state index is 13.2. The fourth-order valence-corrected chi connectivity index (χ4v) is 3.89. The standard InChI is InChI=1S/C21H23FN6O/c1-15-11-17(12-16-4-6-18(22)7-5-16)13-19(24-15)20-3-2-9-28(20)21(29)8-10-27-14-23-25-26-27/h4-7,11,13-14,20H,2-3,8-10,12H2,1H3/t20-/m1/s1. The first-order chi connectivity index (χ1) is 14.1. The topological polar surface area (TPSA) is 76.8 Å². The van der Waals surface area contributed by atoms with Gasteiger partial charge in [0.2, 0.25) is 5.91 Å². The molecule has 0 aliphatic carbocycles. The van der Waals surface area contributed by atoms with E-state index >= 15 is 0 Å². The van der Waals surface area contributed by atoms with Crippen molar-refractivity contribution in [1.29, 1.82) is 0 Å². The molecule has 3 heterocycles. The van der Waals surface area contributed by atoms with Gasteiger partial charge in [-0.25, -0.2) is 9.07 Å². The molecule has 4 rings (SSSR count). The highest BCUT2D eigenvalue weighted by molar-refractivity contribution is 5.77. The van der Waals surface area contributed by atoms with E-state index < -0.39 is 0 Å². The smallest absolute Gasteiger partial charge is 0.225 e. The zero-order chi connectivity index (χ0) is 20.2. The molecule has 0 bridgehead atoms. The van der Waals surface area contributed by atoms with Gasteiger partial charge >= 0.3 is 0 Å². The lowest BCUT2D eigenvalue weighted by molar-refractivity contribution is -0.132. The van der Waals surface area contributed by atoms with E-state index in [0.717, 1.165) is 41.9 Å². The molecule has 2 aromatic heterocycles. The number of nitrogens with zero attached hydrogens (tertiary/aromatic N) is 6. The molecule has 8 heteroatoms. The average Bonchev–Trinajstić information content (AvgIpc) is 3.39. The predicted molar refractivity (Wildman–Crippen MR) is 104 cm³/mol. The second-order valence-electron chi connectivity index (χ2n) is 7.41. The third-order valence-electron chi connectivity index (χ3n) is 5.22. The maximum Gasteiger partial charge on any atom is 0.225 e. The number of halogens is 1. The van der Waals surface area contributed by atoms with E-state index in [2.05, 4.69) is 21.6 Å². The third-order valence-corrected chi connectivity index (χ3v) is 5.22. The molecule has 29 heavy (non-hydrogen) atoms. The summed E-state index contributed by atoms with van der Waals surface area (Å²) in [5.74, 6) is -0.145. The number of hydrogen-bond donors (Lipinski definition) is 0. The van der Waals surface area contributed by atoms with Gasteiger partial charge in [-0.15, -0.1) is 5.10 Å². The summed E-state index contributed by atoms with van der Waals surface area (Å²) < 4.78 is 14.7. The Kier molecular flexibility index (Phi) is 5.59. The first-order valence-electron chi connectivity index (χ1n) is 9.80. The lowest BCUT2D eigenvalue weighted by atomic mass is 10.0. The number of aromatic nitrogens is 5. The van der Waals surface area contributed by atoms with Crippen LogP contribution in [-0.2, 0) is 17.8 Å². The summed E-state index contributed by atoms with van der Waals surface area (Å²) in [6.07, 6.45) is 4.44. The average molecular weight is 394 g/mol. The SMILES string of the molecule is Cc1cc(Cc2ccc(F)cc2)cc([C@H]2CCCN2C(=O)CCn2cnnn2)n1. The fourth-order valence-electron chi connectivity index (χ4n) is 3.89. The Bertz CT molecular complexity index is 973. The van der Waals surface area contributed by atoms with E-state index in [1.807, 2.05) is 17.9 Å². The summed E-state index contributed by atoms with van der Waals surface area (Å²) >= 11 is 0. The quantitative estimate of drug-likeness (QED) is 0.643. The van der Waals surface area contributed by atoms with Crippen LogP contribution in [0.2, 0.25) is 0 Å². The zero-order valence-corrected chi connectivity index (χ0v) is 16.3. The number of carbonyl (C=O) groups is 1. The minimum Gasteiger partial charge on any atom is -0.334 e. The van der Waals surface area contributed by atoms with Crippen LogP contribution >= 0.6 is 0 Å². The van der Waals surface area contributed by atoms with Crippen molar-refractivity contribution < 1.29 is 9.18 Å². The van der Waals surface area contributed by atoms with Gasteiger partial charge in [-0.2, -0.15) is 0 Å². The molecule has 1 aliphatic rings. The lowest BCUT2D eigenvalue weighted by Gasteiger charge is -2.25. The first-order valence-corrected chi connectivity index (χ1v) is 9.80. The van der Waals surface area contributed by atoms with Crippen LogP contribution < -0.4 is 0 Å². The number of benzene rings is 1. The maximum atomic E-state index is 13.2. The van der Waals surface area contributed by atoms with Crippen LogP contribution in [0.15, 0.2) is 42.7 Å². The Balaban J connectivity index is 1.49. The fraction of sp³-hybridized carbons (Fsp3) is 0.381. The normalized spacial score (nSPS) is 16.3. The van der Waals surface area contributed by atoms with Crippen molar-refractivity contribution in [2.45, 2.75) is 45.2 Å². The molecule has 1 aliphatic heterocycles. The highest BCUT2D eigenvalue weighted by Gasteiger charge is 2.31.